The summed E-state index contributed by atoms with van der Waals surface area (Å²) in [5.41, 5.74) is 23.7. The minimum atomic E-state index is 0.859. The number of furan rings is 2. The Kier molecular flexibility index (Phi) is 11.0. The van der Waals surface area contributed by atoms with Gasteiger partial charge in [-0.2, -0.15) is 0 Å². The number of fused-ring (bicyclic) bond motifs is 20. The third-order valence-electron chi connectivity index (χ3n) is 21.0. The lowest BCUT2D eigenvalue weighted by atomic mass is 9.95. The van der Waals surface area contributed by atoms with Crippen LogP contribution in [0.5, 0.6) is 0 Å². The highest BCUT2D eigenvalue weighted by atomic mass is 16.3. The molecule has 0 saturated heterocycles. The van der Waals surface area contributed by atoms with Gasteiger partial charge in [0.25, 0.3) is 0 Å². The maximum absolute atomic E-state index is 7.01. The van der Waals surface area contributed by atoms with Crippen molar-refractivity contribution < 1.29 is 8.83 Å². The number of hydrogen-bond acceptors (Lipinski definition) is 2. The van der Waals surface area contributed by atoms with E-state index in [0.29, 0.717) is 0 Å². The molecule has 6 heterocycles. The molecular weight excluding hydrogens is 1190 g/mol. The topological polar surface area (TPSA) is 46.0 Å². The van der Waals surface area contributed by atoms with Gasteiger partial charge in [0, 0.05) is 92.9 Å². The molecule has 454 valence electrons. The van der Waals surface area contributed by atoms with E-state index < -0.39 is 0 Å². The second kappa shape index (κ2) is 20.2. The number of rotatable bonds is 7. The van der Waals surface area contributed by atoms with Crippen molar-refractivity contribution in [2.24, 2.45) is 0 Å². The molecule has 0 spiro atoms. The molecule has 0 fully saturated rings. The molecule has 0 aliphatic rings. The standard InChI is InChI=1S/C92H54N4O2/c1-2-27-63(28-3-1)93-80-37-12-8-32-68(80)75-51-86-77(53-84(75)93)73-45-56-20-4-6-22-58(56)49-82(73)95(86)64-29-16-24-55(42-64)62-47-72(92-79(48-62)70-34-10-14-39-88(70)98-92)61-26-18-30-65(44-61)94-81-38-13-9-33-69(81)76-52-87-78(54-85(76)94)74-46-57-21-5-7-23-59(57)50-83(74)96(87)66-31-17-25-60(43-66)67-36-19-41-90-91(67)71-35-11-15-40-89(71)97-90/h1-54H. The number of nitrogens with zero attached hydrogens (tertiary/aromatic N) is 4. The lowest BCUT2D eigenvalue weighted by Crippen LogP contribution is -1.96. The SMILES string of the molecule is c1ccc(-n2c3ccccc3c3cc4c(cc32)c2cc3ccccc3cc2n4-c2cccc(-c3cc(-c4cccc(-n5c6ccccc6c6cc7c(cc65)c5cc6ccccc6cc5n7-c5cccc(-c6cccc7oc8ccccc8c67)c5)c4)c4oc5ccccc5c4c3)c2)cc1. The number of aromatic nitrogens is 4. The lowest BCUT2D eigenvalue weighted by Gasteiger charge is -2.14. The molecule has 6 aromatic heterocycles. The van der Waals surface area contributed by atoms with Gasteiger partial charge in [-0.05, 0) is 189 Å². The Hall–Kier alpha value is -13.2. The van der Waals surface area contributed by atoms with Crippen LogP contribution in [-0.4, -0.2) is 18.3 Å². The van der Waals surface area contributed by atoms with Gasteiger partial charge in [-0.25, -0.2) is 0 Å². The highest BCUT2D eigenvalue weighted by Gasteiger charge is 2.25. The van der Waals surface area contributed by atoms with Gasteiger partial charge < -0.3 is 27.1 Å². The Morgan fingerprint density at radius 2 is 0.571 bits per heavy atom. The average molecular weight is 1250 g/mol. The average Bonchev–Trinajstić information content (AvgIpc) is 1.56. The molecule has 16 aromatic carbocycles. The van der Waals surface area contributed by atoms with Crippen LogP contribution in [0.25, 0.3) is 209 Å². The van der Waals surface area contributed by atoms with Crippen LogP contribution in [-0.2, 0) is 0 Å². The van der Waals surface area contributed by atoms with E-state index in [1.807, 2.05) is 6.07 Å². The van der Waals surface area contributed by atoms with E-state index in [1.165, 1.54) is 75.7 Å². The van der Waals surface area contributed by atoms with Crippen LogP contribution in [0, 0.1) is 0 Å². The minimum absolute atomic E-state index is 0.859. The van der Waals surface area contributed by atoms with E-state index in [2.05, 4.69) is 340 Å². The lowest BCUT2D eigenvalue weighted by molar-refractivity contribution is 0.669. The Morgan fingerprint density at radius 1 is 0.184 bits per heavy atom. The summed E-state index contributed by atoms with van der Waals surface area (Å²) in [7, 11) is 0. The predicted molar refractivity (Wildman–Crippen MR) is 410 cm³/mol. The highest BCUT2D eigenvalue weighted by molar-refractivity contribution is 6.23. The smallest absolute Gasteiger partial charge is 0.143 e. The van der Waals surface area contributed by atoms with Crippen molar-refractivity contribution in [2.45, 2.75) is 0 Å². The molecule has 0 bridgehead atoms. The molecule has 6 heteroatoms. The normalized spacial score (nSPS) is 12.3. The summed E-state index contributed by atoms with van der Waals surface area (Å²) in [6.07, 6.45) is 0. The van der Waals surface area contributed by atoms with E-state index in [4.69, 9.17) is 8.83 Å². The van der Waals surface area contributed by atoms with Gasteiger partial charge in [-0.3, -0.25) is 0 Å². The number of para-hydroxylation sites is 5. The third-order valence-corrected chi connectivity index (χ3v) is 21.0. The first-order chi connectivity index (χ1) is 48.6. The van der Waals surface area contributed by atoms with Crippen LogP contribution in [0.1, 0.15) is 0 Å². The fourth-order valence-corrected chi connectivity index (χ4v) is 16.7. The van der Waals surface area contributed by atoms with Crippen molar-refractivity contribution >= 4 is 153 Å². The number of benzene rings is 16. The Balaban J connectivity index is 0.727. The molecule has 0 atom stereocenters. The second-order valence-corrected chi connectivity index (χ2v) is 26.3. The van der Waals surface area contributed by atoms with Crippen LogP contribution in [0.15, 0.2) is 336 Å². The maximum atomic E-state index is 7.01. The number of hydrogen-bond donors (Lipinski definition) is 0. The molecule has 0 N–H and O–H groups in total. The van der Waals surface area contributed by atoms with Crippen molar-refractivity contribution in [3.05, 3.63) is 328 Å². The summed E-state index contributed by atoms with van der Waals surface area (Å²) in [5, 5.41) is 18.8. The van der Waals surface area contributed by atoms with E-state index in [1.54, 1.807) is 0 Å². The molecule has 0 amide bonds. The van der Waals surface area contributed by atoms with Gasteiger partial charge in [-0.15, -0.1) is 0 Å². The molecule has 0 saturated carbocycles. The Bertz CT molecular complexity index is 7190. The van der Waals surface area contributed by atoms with Gasteiger partial charge >= 0.3 is 0 Å². The van der Waals surface area contributed by atoms with Crippen LogP contribution >= 0.6 is 0 Å². The van der Waals surface area contributed by atoms with Crippen molar-refractivity contribution in [2.75, 3.05) is 0 Å². The molecular formula is C92H54N4O2. The zero-order chi connectivity index (χ0) is 63.8. The molecule has 22 aromatic rings. The largest absolute Gasteiger partial charge is 0.456 e. The Labute approximate surface area is 560 Å². The van der Waals surface area contributed by atoms with Crippen LogP contribution < -0.4 is 0 Å². The van der Waals surface area contributed by atoms with Gasteiger partial charge in [0.1, 0.15) is 22.3 Å². The zero-order valence-electron chi connectivity index (χ0n) is 52.8. The van der Waals surface area contributed by atoms with E-state index >= 15 is 0 Å². The second-order valence-electron chi connectivity index (χ2n) is 26.3. The van der Waals surface area contributed by atoms with Crippen molar-refractivity contribution in [1.82, 2.24) is 18.3 Å². The minimum Gasteiger partial charge on any atom is -0.456 e. The van der Waals surface area contributed by atoms with Crippen molar-refractivity contribution in [3.63, 3.8) is 0 Å². The van der Waals surface area contributed by atoms with Crippen molar-refractivity contribution in [1.29, 1.82) is 0 Å². The fourth-order valence-electron chi connectivity index (χ4n) is 16.7. The van der Waals surface area contributed by atoms with Crippen LogP contribution in [0.3, 0.4) is 0 Å². The van der Waals surface area contributed by atoms with E-state index in [0.717, 1.165) is 133 Å². The fraction of sp³-hybridized carbons (Fsp3) is 0. The monoisotopic (exact) mass is 1250 g/mol. The van der Waals surface area contributed by atoms with Gasteiger partial charge in [0.05, 0.1) is 44.1 Å². The predicted octanol–water partition coefficient (Wildman–Crippen LogP) is 25.2. The third kappa shape index (κ3) is 7.68. The first kappa shape index (κ1) is 53.2. The van der Waals surface area contributed by atoms with Gasteiger partial charge in [-0.1, -0.05) is 188 Å². The summed E-state index contributed by atoms with van der Waals surface area (Å²) < 4.78 is 23.3. The summed E-state index contributed by atoms with van der Waals surface area (Å²) >= 11 is 0. The van der Waals surface area contributed by atoms with E-state index in [-0.39, 0.29) is 0 Å². The van der Waals surface area contributed by atoms with Crippen LogP contribution in [0.2, 0.25) is 0 Å². The molecule has 22 rings (SSSR count). The molecule has 0 radical (unpaired) electrons. The van der Waals surface area contributed by atoms with E-state index in [9.17, 15) is 0 Å². The van der Waals surface area contributed by atoms with Crippen LogP contribution in [0.4, 0.5) is 0 Å². The maximum Gasteiger partial charge on any atom is 0.143 e. The summed E-state index contributed by atoms with van der Waals surface area (Å²) in [5.74, 6) is 0. The van der Waals surface area contributed by atoms with Gasteiger partial charge in [0.2, 0.25) is 0 Å². The molecule has 0 aliphatic heterocycles. The molecule has 6 nitrogen and oxygen atoms in total. The van der Waals surface area contributed by atoms with Crippen molar-refractivity contribution in [3.8, 4) is 56.1 Å². The Morgan fingerprint density at radius 3 is 1.15 bits per heavy atom. The highest BCUT2D eigenvalue weighted by Crippen LogP contribution is 2.47. The summed E-state index contributed by atoms with van der Waals surface area (Å²) in [6.45, 7) is 0. The molecule has 0 unspecified atom stereocenters. The summed E-state index contributed by atoms with van der Waals surface area (Å²) in [4.78, 5) is 0. The summed E-state index contributed by atoms with van der Waals surface area (Å²) in [6, 6.07) is 120. The zero-order valence-corrected chi connectivity index (χ0v) is 52.8. The first-order valence-corrected chi connectivity index (χ1v) is 33.6. The molecule has 98 heavy (non-hydrogen) atoms. The quantitative estimate of drug-likeness (QED) is 0.160. The molecule has 0 aliphatic carbocycles. The van der Waals surface area contributed by atoms with Gasteiger partial charge in [0.15, 0.2) is 0 Å². The first-order valence-electron chi connectivity index (χ1n) is 33.6.